The van der Waals surface area contributed by atoms with Gasteiger partial charge in [-0.05, 0) is 18.6 Å². The molecule has 0 aromatic heterocycles. The first kappa shape index (κ1) is 15.0. The number of hydrogen-bond acceptors (Lipinski definition) is 4. The predicted octanol–water partition coefficient (Wildman–Crippen LogP) is 3.57. The van der Waals surface area contributed by atoms with Crippen molar-refractivity contribution >= 4 is 17.3 Å². The molecule has 0 fully saturated rings. The molecular formula is C17H17N3O3. The molecule has 118 valence electrons. The van der Waals surface area contributed by atoms with Crippen LogP contribution in [-0.4, -0.2) is 22.3 Å². The number of nitro groups is 1. The fraction of sp³-hybridized carbons (Fsp3) is 0.235. The number of nitrogens with one attached hydrogen (secondary N) is 1. The van der Waals surface area contributed by atoms with Crippen LogP contribution < -0.4 is 5.32 Å². The molecule has 2 aromatic rings. The summed E-state index contributed by atoms with van der Waals surface area (Å²) >= 11 is 0. The van der Waals surface area contributed by atoms with Crippen LogP contribution in [0.5, 0.6) is 0 Å². The highest BCUT2D eigenvalue weighted by molar-refractivity contribution is 6.01. The molecule has 0 bridgehead atoms. The Morgan fingerprint density at radius 3 is 2.74 bits per heavy atom. The number of nitro benzene ring substituents is 1. The van der Waals surface area contributed by atoms with Gasteiger partial charge in [-0.1, -0.05) is 31.2 Å². The zero-order chi connectivity index (χ0) is 16.4. The third kappa shape index (κ3) is 2.75. The van der Waals surface area contributed by atoms with E-state index >= 15 is 0 Å². The summed E-state index contributed by atoms with van der Waals surface area (Å²) in [5.41, 5.74) is 2.10. The minimum Gasteiger partial charge on any atom is -0.361 e. The predicted molar refractivity (Wildman–Crippen MR) is 87.2 cm³/mol. The van der Waals surface area contributed by atoms with Crippen LogP contribution in [0.25, 0.3) is 0 Å². The van der Waals surface area contributed by atoms with Crippen molar-refractivity contribution in [3.63, 3.8) is 0 Å². The lowest BCUT2D eigenvalue weighted by molar-refractivity contribution is -0.384. The van der Waals surface area contributed by atoms with E-state index in [9.17, 15) is 14.9 Å². The van der Waals surface area contributed by atoms with E-state index in [2.05, 4.69) is 5.32 Å². The SMILES string of the molecule is CCCN1C(=O)c2ccccc2NC1c1cccc([N+](=O)[O-])c1. The lowest BCUT2D eigenvalue weighted by Crippen LogP contribution is -2.43. The van der Waals surface area contributed by atoms with Crippen LogP contribution in [-0.2, 0) is 0 Å². The molecule has 1 aliphatic rings. The van der Waals surface area contributed by atoms with E-state index in [0.717, 1.165) is 12.1 Å². The Bertz CT molecular complexity index is 760. The minimum atomic E-state index is -0.424. The molecule has 1 atom stereocenters. The number of para-hydroxylation sites is 1. The molecule has 1 amide bonds. The fourth-order valence-corrected chi connectivity index (χ4v) is 2.84. The zero-order valence-electron chi connectivity index (χ0n) is 12.7. The molecule has 0 saturated heterocycles. The number of non-ortho nitro benzene ring substituents is 1. The van der Waals surface area contributed by atoms with Crippen LogP contribution in [0, 0.1) is 10.1 Å². The molecule has 6 heteroatoms. The Balaban J connectivity index is 2.04. The maximum Gasteiger partial charge on any atom is 0.269 e. The molecule has 3 rings (SSSR count). The highest BCUT2D eigenvalue weighted by atomic mass is 16.6. The van der Waals surface area contributed by atoms with E-state index in [1.165, 1.54) is 12.1 Å². The van der Waals surface area contributed by atoms with Gasteiger partial charge in [0.05, 0.1) is 10.5 Å². The third-order valence-corrected chi connectivity index (χ3v) is 3.88. The van der Waals surface area contributed by atoms with Crippen molar-refractivity contribution < 1.29 is 9.72 Å². The fourth-order valence-electron chi connectivity index (χ4n) is 2.84. The first-order valence-electron chi connectivity index (χ1n) is 7.52. The van der Waals surface area contributed by atoms with Crippen LogP contribution in [0.2, 0.25) is 0 Å². The van der Waals surface area contributed by atoms with Gasteiger partial charge in [-0.3, -0.25) is 14.9 Å². The van der Waals surface area contributed by atoms with E-state index in [0.29, 0.717) is 17.7 Å². The van der Waals surface area contributed by atoms with Crippen LogP contribution >= 0.6 is 0 Å². The number of benzene rings is 2. The number of nitrogens with zero attached hydrogens (tertiary/aromatic N) is 2. The lowest BCUT2D eigenvalue weighted by Gasteiger charge is -2.38. The molecule has 0 radical (unpaired) electrons. The van der Waals surface area contributed by atoms with Gasteiger partial charge in [-0.2, -0.15) is 0 Å². The summed E-state index contributed by atoms with van der Waals surface area (Å²) in [5, 5.41) is 14.3. The van der Waals surface area contributed by atoms with Crippen LogP contribution in [0.4, 0.5) is 11.4 Å². The topological polar surface area (TPSA) is 75.5 Å². The van der Waals surface area contributed by atoms with Gasteiger partial charge in [0.1, 0.15) is 6.17 Å². The second-order valence-corrected chi connectivity index (χ2v) is 5.44. The Morgan fingerprint density at radius 1 is 1.22 bits per heavy atom. The molecule has 0 saturated carbocycles. The second-order valence-electron chi connectivity index (χ2n) is 5.44. The number of carbonyl (C=O) groups excluding carboxylic acids is 1. The first-order chi connectivity index (χ1) is 11.1. The van der Waals surface area contributed by atoms with Crippen molar-refractivity contribution in [3.8, 4) is 0 Å². The Hall–Kier alpha value is -2.89. The largest absolute Gasteiger partial charge is 0.361 e. The van der Waals surface area contributed by atoms with Gasteiger partial charge in [0.2, 0.25) is 0 Å². The van der Waals surface area contributed by atoms with E-state index in [4.69, 9.17) is 0 Å². The standard InChI is InChI=1S/C17H17N3O3/c1-2-10-19-16(12-6-5-7-13(11-12)20(22)23)18-15-9-4-3-8-14(15)17(19)21/h3-9,11,16,18H,2,10H2,1H3. The summed E-state index contributed by atoms with van der Waals surface area (Å²) in [7, 11) is 0. The third-order valence-electron chi connectivity index (χ3n) is 3.88. The number of hydrogen-bond donors (Lipinski definition) is 1. The Labute approximate surface area is 133 Å². The van der Waals surface area contributed by atoms with Crippen molar-refractivity contribution in [2.75, 3.05) is 11.9 Å². The van der Waals surface area contributed by atoms with Crippen LogP contribution in [0.3, 0.4) is 0 Å². The summed E-state index contributed by atoms with van der Waals surface area (Å²) in [5.74, 6) is -0.0577. The van der Waals surface area contributed by atoms with Crippen molar-refractivity contribution in [2.24, 2.45) is 0 Å². The van der Waals surface area contributed by atoms with Crippen molar-refractivity contribution in [1.29, 1.82) is 0 Å². The van der Waals surface area contributed by atoms with E-state index in [-0.39, 0.29) is 11.6 Å². The smallest absolute Gasteiger partial charge is 0.269 e. The molecule has 1 heterocycles. The van der Waals surface area contributed by atoms with Gasteiger partial charge in [0.15, 0.2) is 0 Å². The summed E-state index contributed by atoms with van der Waals surface area (Å²) in [6, 6.07) is 13.7. The average molecular weight is 311 g/mol. The number of rotatable bonds is 4. The Kier molecular flexibility index (Phi) is 3.97. The van der Waals surface area contributed by atoms with Crippen LogP contribution in [0.15, 0.2) is 48.5 Å². The highest BCUT2D eigenvalue weighted by Gasteiger charge is 2.32. The zero-order valence-corrected chi connectivity index (χ0v) is 12.7. The monoisotopic (exact) mass is 311 g/mol. The quantitative estimate of drug-likeness (QED) is 0.692. The molecule has 0 aliphatic carbocycles. The maximum absolute atomic E-state index is 12.8. The van der Waals surface area contributed by atoms with Gasteiger partial charge in [0.25, 0.3) is 11.6 Å². The number of amides is 1. The summed E-state index contributed by atoms with van der Waals surface area (Å²) < 4.78 is 0. The Morgan fingerprint density at radius 2 is 2.00 bits per heavy atom. The molecular weight excluding hydrogens is 294 g/mol. The molecule has 23 heavy (non-hydrogen) atoms. The lowest BCUT2D eigenvalue weighted by atomic mass is 10.0. The number of carbonyl (C=O) groups is 1. The second kappa shape index (κ2) is 6.08. The van der Waals surface area contributed by atoms with E-state index < -0.39 is 11.1 Å². The average Bonchev–Trinajstić information content (AvgIpc) is 2.57. The van der Waals surface area contributed by atoms with Crippen molar-refractivity contribution in [1.82, 2.24) is 4.90 Å². The molecule has 2 aromatic carbocycles. The van der Waals surface area contributed by atoms with Gasteiger partial charge in [-0.15, -0.1) is 0 Å². The van der Waals surface area contributed by atoms with Gasteiger partial charge >= 0.3 is 0 Å². The molecule has 6 nitrogen and oxygen atoms in total. The molecule has 0 spiro atoms. The molecule has 1 aliphatic heterocycles. The maximum atomic E-state index is 12.8. The van der Waals surface area contributed by atoms with Gasteiger partial charge in [0, 0.05) is 29.9 Å². The molecule has 1 unspecified atom stereocenters. The van der Waals surface area contributed by atoms with Crippen LogP contribution in [0.1, 0.15) is 35.4 Å². The highest BCUT2D eigenvalue weighted by Crippen LogP contribution is 2.34. The van der Waals surface area contributed by atoms with Gasteiger partial charge < -0.3 is 10.2 Å². The summed E-state index contributed by atoms with van der Waals surface area (Å²) in [6.45, 7) is 2.58. The van der Waals surface area contributed by atoms with E-state index in [1.54, 1.807) is 23.1 Å². The molecule has 1 N–H and O–H groups in total. The van der Waals surface area contributed by atoms with E-state index in [1.807, 2.05) is 25.1 Å². The van der Waals surface area contributed by atoms with Crippen molar-refractivity contribution in [3.05, 3.63) is 69.8 Å². The first-order valence-corrected chi connectivity index (χ1v) is 7.52. The number of anilines is 1. The summed E-state index contributed by atoms with van der Waals surface area (Å²) in [6.07, 6.45) is 0.401. The summed E-state index contributed by atoms with van der Waals surface area (Å²) in [4.78, 5) is 25.1. The van der Waals surface area contributed by atoms with Crippen molar-refractivity contribution in [2.45, 2.75) is 19.5 Å². The number of fused-ring (bicyclic) bond motifs is 1. The minimum absolute atomic E-state index is 0.0204. The van der Waals surface area contributed by atoms with Gasteiger partial charge in [-0.25, -0.2) is 0 Å². The normalized spacial score (nSPS) is 16.7.